The molecule has 0 atom stereocenters. The van der Waals surface area contributed by atoms with E-state index in [4.69, 9.17) is 0 Å². The fourth-order valence-electron chi connectivity index (χ4n) is 3.48. The molecular formula is C19H14F3N3O4S. The van der Waals surface area contributed by atoms with E-state index in [1.165, 1.54) is 47.6 Å². The van der Waals surface area contributed by atoms with Crippen molar-refractivity contribution in [1.82, 2.24) is 9.88 Å². The highest BCUT2D eigenvalue weighted by atomic mass is 32.2. The number of urea groups is 1. The van der Waals surface area contributed by atoms with Crippen LogP contribution in [0.15, 0.2) is 47.6 Å². The molecule has 1 aromatic heterocycles. The molecular weight excluding hydrogens is 423 g/mol. The number of aromatic carboxylic acids is 1. The molecule has 0 bridgehead atoms. The van der Waals surface area contributed by atoms with Gasteiger partial charge in [-0.05, 0) is 60.5 Å². The Morgan fingerprint density at radius 3 is 2.40 bits per heavy atom. The SMILES string of the molecule is O=C(O)c1cnccc1CN1C(=O)N(c2ccc(SC(F)(F)F)cc2)C(=O)C12CC2. The molecule has 1 N–H and O–H groups in total. The number of pyridine rings is 1. The predicted octanol–water partition coefficient (Wildman–Crippen LogP) is 3.89. The molecule has 1 aliphatic carbocycles. The van der Waals surface area contributed by atoms with Gasteiger partial charge in [0.1, 0.15) is 5.54 Å². The summed E-state index contributed by atoms with van der Waals surface area (Å²) in [4.78, 5) is 43.5. The van der Waals surface area contributed by atoms with E-state index in [0.717, 1.165) is 4.90 Å². The van der Waals surface area contributed by atoms with Crippen molar-refractivity contribution in [3.8, 4) is 0 Å². The molecule has 156 valence electrons. The Balaban J connectivity index is 1.62. The van der Waals surface area contributed by atoms with Crippen LogP contribution in [0.2, 0.25) is 0 Å². The maximum atomic E-state index is 13.1. The lowest BCUT2D eigenvalue weighted by molar-refractivity contribution is -0.120. The van der Waals surface area contributed by atoms with E-state index in [-0.39, 0.29) is 34.5 Å². The molecule has 11 heteroatoms. The second-order valence-electron chi connectivity index (χ2n) is 6.92. The lowest BCUT2D eigenvalue weighted by Crippen LogP contribution is -2.37. The molecule has 1 aliphatic heterocycles. The van der Waals surface area contributed by atoms with Crippen molar-refractivity contribution in [3.63, 3.8) is 0 Å². The molecule has 1 saturated heterocycles. The number of carbonyl (C=O) groups is 3. The van der Waals surface area contributed by atoms with Crippen LogP contribution in [0.25, 0.3) is 0 Å². The molecule has 7 nitrogen and oxygen atoms in total. The molecule has 1 saturated carbocycles. The zero-order chi connectivity index (χ0) is 21.7. The second-order valence-corrected chi connectivity index (χ2v) is 8.06. The summed E-state index contributed by atoms with van der Waals surface area (Å²) in [5.41, 5.74) is -5.06. The Morgan fingerprint density at radius 2 is 1.83 bits per heavy atom. The van der Waals surface area contributed by atoms with Gasteiger partial charge < -0.3 is 10.0 Å². The number of nitrogens with zero attached hydrogens (tertiary/aromatic N) is 3. The van der Waals surface area contributed by atoms with Crippen molar-refractivity contribution in [1.29, 1.82) is 0 Å². The van der Waals surface area contributed by atoms with Gasteiger partial charge in [0.25, 0.3) is 5.91 Å². The van der Waals surface area contributed by atoms with Gasteiger partial charge in [0.2, 0.25) is 0 Å². The Labute approximate surface area is 172 Å². The van der Waals surface area contributed by atoms with Gasteiger partial charge in [0.15, 0.2) is 0 Å². The second kappa shape index (κ2) is 7.01. The van der Waals surface area contributed by atoms with Crippen LogP contribution < -0.4 is 4.90 Å². The first kappa shape index (κ1) is 20.2. The van der Waals surface area contributed by atoms with E-state index >= 15 is 0 Å². The number of benzene rings is 1. The third-order valence-electron chi connectivity index (χ3n) is 5.06. The van der Waals surface area contributed by atoms with Gasteiger partial charge in [0, 0.05) is 23.8 Å². The number of alkyl halides is 3. The first-order valence-electron chi connectivity index (χ1n) is 8.80. The zero-order valence-electron chi connectivity index (χ0n) is 15.2. The molecule has 2 aliphatic rings. The number of halogens is 3. The predicted molar refractivity (Wildman–Crippen MR) is 99.9 cm³/mol. The average molecular weight is 437 g/mol. The summed E-state index contributed by atoms with van der Waals surface area (Å²) in [5.74, 6) is -1.66. The van der Waals surface area contributed by atoms with E-state index in [2.05, 4.69) is 4.98 Å². The van der Waals surface area contributed by atoms with Crippen molar-refractivity contribution in [2.45, 2.75) is 35.3 Å². The van der Waals surface area contributed by atoms with E-state index in [0.29, 0.717) is 18.4 Å². The third kappa shape index (κ3) is 3.49. The number of amides is 3. The van der Waals surface area contributed by atoms with Crippen LogP contribution >= 0.6 is 11.8 Å². The summed E-state index contributed by atoms with van der Waals surface area (Å²) in [6.07, 6.45) is 3.44. The summed E-state index contributed by atoms with van der Waals surface area (Å²) in [6.45, 7) is -0.0900. The Bertz CT molecular complexity index is 1040. The lowest BCUT2D eigenvalue weighted by atomic mass is 10.1. The molecule has 2 aromatic rings. The minimum atomic E-state index is -4.44. The van der Waals surface area contributed by atoms with E-state index < -0.39 is 29.0 Å². The number of imide groups is 1. The maximum Gasteiger partial charge on any atom is 0.446 e. The molecule has 2 fully saturated rings. The fourth-order valence-corrected chi connectivity index (χ4v) is 4.02. The molecule has 1 spiro atoms. The number of hydrogen-bond acceptors (Lipinski definition) is 5. The van der Waals surface area contributed by atoms with Crippen LogP contribution in [0.4, 0.5) is 23.7 Å². The number of thioether (sulfide) groups is 1. The first-order valence-corrected chi connectivity index (χ1v) is 9.62. The molecule has 0 radical (unpaired) electrons. The molecule has 3 amide bonds. The van der Waals surface area contributed by atoms with Crippen molar-refractivity contribution in [3.05, 3.63) is 53.9 Å². The summed E-state index contributed by atoms with van der Waals surface area (Å²) >= 11 is -0.288. The van der Waals surface area contributed by atoms with Crippen molar-refractivity contribution < 1.29 is 32.7 Å². The molecule has 4 rings (SSSR count). The number of carboxylic acid groups (broad SMARTS) is 1. The van der Waals surface area contributed by atoms with Crippen LogP contribution in [0.1, 0.15) is 28.8 Å². The lowest BCUT2D eigenvalue weighted by Gasteiger charge is -2.22. The topological polar surface area (TPSA) is 90.8 Å². The Morgan fingerprint density at radius 1 is 1.17 bits per heavy atom. The smallest absolute Gasteiger partial charge is 0.446 e. The van der Waals surface area contributed by atoms with Gasteiger partial charge in [-0.3, -0.25) is 9.78 Å². The molecule has 1 aromatic carbocycles. The van der Waals surface area contributed by atoms with Crippen molar-refractivity contribution in [2.24, 2.45) is 0 Å². The van der Waals surface area contributed by atoms with Gasteiger partial charge in [-0.25, -0.2) is 14.5 Å². The largest absolute Gasteiger partial charge is 0.478 e. The number of anilines is 1. The molecule has 0 unspecified atom stereocenters. The minimum Gasteiger partial charge on any atom is -0.478 e. The highest BCUT2D eigenvalue weighted by molar-refractivity contribution is 8.00. The van der Waals surface area contributed by atoms with Gasteiger partial charge >= 0.3 is 17.5 Å². The monoisotopic (exact) mass is 437 g/mol. The van der Waals surface area contributed by atoms with E-state index in [1.54, 1.807) is 0 Å². The quantitative estimate of drug-likeness (QED) is 0.564. The van der Waals surface area contributed by atoms with Crippen LogP contribution in [0.3, 0.4) is 0 Å². The summed E-state index contributed by atoms with van der Waals surface area (Å²) in [5, 5.41) is 9.34. The summed E-state index contributed by atoms with van der Waals surface area (Å²) in [6, 6.07) is 5.81. The first-order chi connectivity index (χ1) is 14.1. The highest BCUT2D eigenvalue weighted by Crippen LogP contribution is 2.50. The van der Waals surface area contributed by atoms with E-state index in [1.807, 2.05) is 0 Å². The normalized spacial score (nSPS) is 17.7. The molecule has 30 heavy (non-hydrogen) atoms. The molecule has 2 heterocycles. The zero-order valence-corrected chi connectivity index (χ0v) is 16.0. The summed E-state index contributed by atoms with van der Waals surface area (Å²) in [7, 11) is 0. The number of hydrogen-bond donors (Lipinski definition) is 1. The van der Waals surface area contributed by atoms with Crippen molar-refractivity contribution >= 4 is 35.4 Å². The fraction of sp³-hybridized carbons (Fsp3) is 0.263. The minimum absolute atomic E-state index is 0.0637. The van der Waals surface area contributed by atoms with Crippen LogP contribution in [-0.4, -0.2) is 43.9 Å². The van der Waals surface area contributed by atoms with Crippen LogP contribution in [-0.2, 0) is 11.3 Å². The highest BCUT2D eigenvalue weighted by Gasteiger charge is 2.65. The van der Waals surface area contributed by atoms with Gasteiger partial charge in [0.05, 0.1) is 11.3 Å². The Kier molecular flexibility index (Phi) is 4.72. The number of rotatable bonds is 5. The third-order valence-corrected chi connectivity index (χ3v) is 5.80. The number of carbonyl (C=O) groups excluding carboxylic acids is 2. The van der Waals surface area contributed by atoms with Gasteiger partial charge in [-0.1, -0.05) is 0 Å². The summed E-state index contributed by atoms with van der Waals surface area (Å²) < 4.78 is 37.5. The van der Waals surface area contributed by atoms with Crippen LogP contribution in [0, 0.1) is 0 Å². The average Bonchev–Trinajstić information content (AvgIpc) is 3.45. The maximum absolute atomic E-state index is 13.1. The van der Waals surface area contributed by atoms with Gasteiger partial charge in [-0.15, -0.1) is 0 Å². The van der Waals surface area contributed by atoms with Gasteiger partial charge in [-0.2, -0.15) is 13.2 Å². The standard InChI is InChI=1S/C19H14F3N3O4S/c20-19(21,22)30-13-3-1-12(2-4-13)25-16(28)18(6-7-18)24(17(25)29)10-11-5-8-23-9-14(11)15(26)27/h1-5,8-9H,6-7,10H2,(H,26,27). The number of carboxylic acids is 1. The van der Waals surface area contributed by atoms with E-state index in [9.17, 15) is 32.7 Å². The number of aromatic nitrogens is 1. The van der Waals surface area contributed by atoms with Crippen LogP contribution in [0.5, 0.6) is 0 Å². The van der Waals surface area contributed by atoms with Crippen molar-refractivity contribution in [2.75, 3.05) is 4.90 Å². The Hall–Kier alpha value is -3.08.